The third-order valence-electron chi connectivity index (χ3n) is 3.49. The average molecular weight is 299 g/mol. The zero-order valence-electron chi connectivity index (χ0n) is 13.2. The maximum atomic E-state index is 12.4. The Morgan fingerprint density at radius 3 is 2.55 bits per heavy atom. The van der Waals surface area contributed by atoms with E-state index < -0.39 is 0 Å². The molecule has 2 rings (SSSR count). The van der Waals surface area contributed by atoms with Gasteiger partial charge in [-0.1, -0.05) is 25.1 Å². The van der Waals surface area contributed by atoms with Crippen molar-refractivity contribution >= 4 is 11.6 Å². The fourth-order valence-corrected chi connectivity index (χ4v) is 2.33. The number of carbonyl (C=O) groups excluding carboxylic acids is 1. The Morgan fingerprint density at radius 1 is 1.09 bits per heavy atom. The lowest BCUT2D eigenvalue weighted by Gasteiger charge is -2.12. The van der Waals surface area contributed by atoms with E-state index in [4.69, 9.17) is 9.47 Å². The highest BCUT2D eigenvalue weighted by atomic mass is 16.5. The minimum Gasteiger partial charge on any atom is -0.496 e. The summed E-state index contributed by atoms with van der Waals surface area (Å²) in [5.74, 6) is 0.577. The van der Waals surface area contributed by atoms with Crippen LogP contribution < -0.4 is 10.1 Å². The zero-order valence-corrected chi connectivity index (χ0v) is 13.2. The molecule has 0 saturated heterocycles. The third kappa shape index (κ3) is 3.65. The van der Waals surface area contributed by atoms with Crippen molar-refractivity contribution in [1.29, 1.82) is 0 Å². The van der Waals surface area contributed by atoms with Gasteiger partial charge in [-0.2, -0.15) is 0 Å². The molecule has 0 aliphatic heterocycles. The number of nitrogens with one attached hydrogen (secondary N) is 1. The van der Waals surface area contributed by atoms with Crippen LogP contribution in [-0.2, 0) is 17.8 Å². The highest BCUT2D eigenvalue weighted by molar-refractivity contribution is 6.04. The van der Waals surface area contributed by atoms with Crippen molar-refractivity contribution in [2.75, 3.05) is 19.5 Å². The first-order valence-electron chi connectivity index (χ1n) is 7.24. The van der Waals surface area contributed by atoms with Crippen LogP contribution in [-0.4, -0.2) is 20.1 Å². The maximum Gasteiger partial charge on any atom is 0.255 e. The largest absolute Gasteiger partial charge is 0.496 e. The van der Waals surface area contributed by atoms with Crippen molar-refractivity contribution in [2.24, 2.45) is 0 Å². The second-order valence-electron chi connectivity index (χ2n) is 4.92. The molecule has 0 heterocycles. The second-order valence-corrected chi connectivity index (χ2v) is 4.92. The lowest BCUT2D eigenvalue weighted by molar-refractivity contribution is 0.102. The van der Waals surface area contributed by atoms with Crippen LogP contribution in [0.3, 0.4) is 0 Å². The highest BCUT2D eigenvalue weighted by Crippen LogP contribution is 2.22. The first-order valence-corrected chi connectivity index (χ1v) is 7.24. The molecule has 2 aromatic carbocycles. The van der Waals surface area contributed by atoms with Crippen LogP contribution >= 0.6 is 0 Å². The number of aryl methyl sites for hydroxylation is 1. The smallest absolute Gasteiger partial charge is 0.255 e. The molecule has 0 atom stereocenters. The van der Waals surface area contributed by atoms with Gasteiger partial charge in [0.2, 0.25) is 0 Å². The van der Waals surface area contributed by atoms with Crippen LogP contribution in [0.25, 0.3) is 0 Å². The molecule has 0 bridgehead atoms. The van der Waals surface area contributed by atoms with E-state index >= 15 is 0 Å². The molecule has 0 aliphatic rings. The van der Waals surface area contributed by atoms with Crippen molar-refractivity contribution in [3.63, 3.8) is 0 Å². The Morgan fingerprint density at radius 2 is 1.86 bits per heavy atom. The number of para-hydroxylation sites is 1. The Kier molecular flexibility index (Phi) is 5.55. The summed E-state index contributed by atoms with van der Waals surface area (Å²) in [7, 11) is 3.22. The van der Waals surface area contributed by atoms with Gasteiger partial charge in [-0.25, -0.2) is 0 Å². The van der Waals surface area contributed by atoms with Crippen molar-refractivity contribution in [1.82, 2.24) is 0 Å². The Bertz CT molecular complexity index is 653. The van der Waals surface area contributed by atoms with E-state index in [1.807, 2.05) is 24.3 Å². The number of ether oxygens (including phenoxy) is 2. The number of rotatable bonds is 6. The van der Waals surface area contributed by atoms with Crippen molar-refractivity contribution < 1.29 is 14.3 Å². The SMILES string of the molecule is CCc1ccccc1NC(=O)c1ccc(OC)c(COC)c1. The maximum absolute atomic E-state index is 12.4. The molecule has 0 spiro atoms. The molecule has 0 radical (unpaired) electrons. The molecule has 0 fully saturated rings. The van der Waals surface area contributed by atoms with Gasteiger partial charge in [-0.3, -0.25) is 4.79 Å². The fourth-order valence-electron chi connectivity index (χ4n) is 2.33. The Balaban J connectivity index is 2.24. The van der Waals surface area contributed by atoms with Crippen molar-refractivity contribution in [3.8, 4) is 5.75 Å². The Hall–Kier alpha value is -2.33. The van der Waals surface area contributed by atoms with Crippen LogP contribution in [0, 0.1) is 0 Å². The van der Waals surface area contributed by atoms with E-state index in [9.17, 15) is 4.79 Å². The quantitative estimate of drug-likeness (QED) is 0.885. The van der Waals surface area contributed by atoms with Crippen molar-refractivity contribution in [2.45, 2.75) is 20.0 Å². The summed E-state index contributed by atoms with van der Waals surface area (Å²) in [6.45, 7) is 2.46. The molecule has 4 heteroatoms. The van der Waals surface area contributed by atoms with Gasteiger partial charge >= 0.3 is 0 Å². The van der Waals surface area contributed by atoms with Crippen LogP contribution in [0.2, 0.25) is 0 Å². The van der Waals surface area contributed by atoms with Gasteiger partial charge in [-0.15, -0.1) is 0 Å². The van der Waals surface area contributed by atoms with Gasteiger partial charge in [-0.05, 0) is 36.2 Å². The molecule has 0 aromatic heterocycles. The van der Waals surface area contributed by atoms with Gasteiger partial charge < -0.3 is 14.8 Å². The minimum absolute atomic E-state index is 0.138. The van der Waals surface area contributed by atoms with Gasteiger partial charge in [0.25, 0.3) is 5.91 Å². The Labute approximate surface area is 131 Å². The van der Waals surface area contributed by atoms with Crippen LogP contribution in [0.1, 0.15) is 28.4 Å². The third-order valence-corrected chi connectivity index (χ3v) is 3.49. The summed E-state index contributed by atoms with van der Waals surface area (Å²) in [4.78, 5) is 12.4. The molecule has 2 aromatic rings. The standard InChI is InChI=1S/C18H21NO3/c1-4-13-7-5-6-8-16(13)19-18(20)14-9-10-17(22-3)15(11-14)12-21-2/h5-11H,4,12H2,1-3H3,(H,19,20). The number of hydrogen-bond acceptors (Lipinski definition) is 3. The van der Waals surface area contributed by atoms with Gasteiger partial charge in [0, 0.05) is 23.9 Å². The zero-order chi connectivity index (χ0) is 15.9. The van der Waals surface area contributed by atoms with Crippen LogP contribution in [0.5, 0.6) is 5.75 Å². The summed E-state index contributed by atoms with van der Waals surface area (Å²) >= 11 is 0. The number of methoxy groups -OCH3 is 2. The second kappa shape index (κ2) is 7.61. The molecule has 4 nitrogen and oxygen atoms in total. The lowest BCUT2D eigenvalue weighted by atomic mass is 10.1. The average Bonchev–Trinajstić information content (AvgIpc) is 2.55. The summed E-state index contributed by atoms with van der Waals surface area (Å²) < 4.78 is 10.4. The minimum atomic E-state index is -0.138. The predicted octanol–water partition coefficient (Wildman–Crippen LogP) is 3.66. The molecule has 22 heavy (non-hydrogen) atoms. The van der Waals surface area contributed by atoms with Crippen LogP contribution in [0.15, 0.2) is 42.5 Å². The molecule has 0 saturated carbocycles. The van der Waals surface area contributed by atoms with E-state index in [0.29, 0.717) is 17.9 Å². The van der Waals surface area contributed by atoms with Crippen molar-refractivity contribution in [3.05, 3.63) is 59.2 Å². The van der Waals surface area contributed by atoms with Gasteiger partial charge in [0.15, 0.2) is 0 Å². The normalized spacial score (nSPS) is 10.3. The predicted molar refractivity (Wildman–Crippen MR) is 87.5 cm³/mol. The van der Waals surface area contributed by atoms with E-state index in [1.165, 1.54) is 0 Å². The molecule has 0 unspecified atom stereocenters. The molecule has 116 valence electrons. The van der Waals surface area contributed by atoms with Gasteiger partial charge in [0.1, 0.15) is 5.75 Å². The fraction of sp³-hybridized carbons (Fsp3) is 0.278. The highest BCUT2D eigenvalue weighted by Gasteiger charge is 2.11. The molecular weight excluding hydrogens is 278 g/mol. The lowest BCUT2D eigenvalue weighted by Crippen LogP contribution is -2.13. The molecule has 1 N–H and O–H groups in total. The number of carbonyl (C=O) groups is 1. The van der Waals surface area contributed by atoms with Gasteiger partial charge in [0.05, 0.1) is 13.7 Å². The summed E-state index contributed by atoms with van der Waals surface area (Å²) in [5.41, 5.74) is 3.39. The first-order chi connectivity index (χ1) is 10.7. The summed E-state index contributed by atoms with van der Waals surface area (Å²) in [6.07, 6.45) is 0.869. The number of amides is 1. The molecule has 0 aliphatic carbocycles. The number of hydrogen-bond donors (Lipinski definition) is 1. The van der Waals surface area contributed by atoms with E-state index in [-0.39, 0.29) is 5.91 Å². The monoisotopic (exact) mass is 299 g/mol. The van der Waals surface area contributed by atoms with E-state index in [0.717, 1.165) is 23.2 Å². The number of anilines is 1. The summed E-state index contributed by atoms with van der Waals surface area (Å²) in [5, 5.41) is 2.96. The summed E-state index contributed by atoms with van der Waals surface area (Å²) in [6, 6.07) is 13.1. The number of benzene rings is 2. The first kappa shape index (κ1) is 16.0. The topological polar surface area (TPSA) is 47.6 Å². The van der Waals surface area contributed by atoms with E-state index in [2.05, 4.69) is 12.2 Å². The molecule has 1 amide bonds. The molecular formula is C18H21NO3. The van der Waals surface area contributed by atoms with E-state index in [1.54, 1.807) is 32.4 Å². The van der Waals surface area contributed by atoms with Crippen LogP contribution in [0.4, 0.5) is 5.69 Å².